The van der Waals surface area contributed by atoms with Gasteiger partial charge in [0.2, 0.25) is 0 Å². The normalized spacial score (nSPS) is 24.7. The lowest BCUT2D eigenvalue weighted by atomic mass is 9.66. The van der Waals surface area contributed by atoms with Gasteiger partial charge in [0.25, 0.3) is 5.91 Å². The summed E-state index contributed by atoms with van der Waals surface area (Å²) in [6.45, 7) is 2.65. The first kappa shape index (κ1) is 14.6. The Bertz CT molecular complexity index is 477. The quantitative estimate of drug-likeness (QED) is 0.781. The van der Waals surface area contributed by atoms with E-state index in [1.54, 1.807) is 5.06 Å². The van der Waals surface area contributed by atoms with Crippen molar-refractivity contribution in [2.75, 3.05) is 0 Å². The highest BCUT2D eigenvalue weighted by Gasteiger charge is 2.59. The monoisotopic (exact) mass is 287 g/mol. The Kier molecular flexibility index (Phi) is 4.29. The Labute approximate surface area is 127 Å². The van der Waals surface area contributed by atoms with E-state index in [9.17, 15) is 4.79 Å². The summed E-state index contributed by atoms with van der Waals surface area (Å²) < 4.78 is 0. The van der Waals surface area contributed by atoms with Crippen LogP contribution in [0.4, 0.5) is 0 Å². The van der Waals surface area contributed by atoms with Crippen molar-refractivity contribution >= 4 is 5.91 Å². The molecule has 2 fully saturated rings. The van der Waals surface area contributed by atoms with Crippen molar-refractivity contribution in [3.8, 4) is 0 Å². The van der Waals surface area contributed by atoms with Gasteiger partial charge in [-0.1, -0.05) is 62.9 Å². The van der Waals surface area contributed by atoms with Crippen LogP contribution in [0.15, 0.2) is 30.3 Å². The van der Waals surface area contributed by atoms with Gasteiger partial charge in [0.1, 0.15) is 6.61 Å². The van der Waals surface area contributed by atoms with E-state index in [0.29, 0.717) is 6.61 Å². The Morgan fingerprint density at radius 2 is 1.81 bits per heavy atom. The van der Waals surface area contributed by atoms with E-state index in [1.165, 1.54) is 25.7 Å². The fourth-order valence-electron chi connectivity index (χ4n) is 3.99. The third kappa shape index (κ3) is 2.59. The summed E-state index contributed by atoms with van der Waals surface area (Å²) in [5.74, 6) is 0.229. The fraction of sp³-hybridized carbons (Fsp3) is 0.611. The summed E-state index contributed by atoms with van der Waals surface area (Å²) >= 11 is 0. The average molecular weight is 287 g/mol. The second-order valence-corrected chi connectivity index (χ2v) is 6.38. The van der Waals surface area contributed by atoms with Gasteiger partial charge in [-0.3, -0.25) is 9.63 Å². The van der Waals surface area contributed by atoms with Gasteiger partial charge in [0.05, 0.1) is 11.5 Å². The number of benzene rings is 1. The molecule has 1 aliphatic heterocycles. The number of hydroxylamine groups is 2. The summed E-state index contributed by atoms with van der Waals surface area (Å²) in [6, 6.07) is 10.3. The van der Waals surface area contributed by atoms with Gasteiger partial charge >= 0.3 is 0 Å². The van der Waals surface area contributed by atoms with Crippen LogP contribution in [0.5, 0.6) is 0 Å². The van der Waals surface area contributed by atoms with Crippen molar-refractivity contribution in [2.45, 2.75) is 64.5 Å². The van der Waals surface area contributed by atoms with E-state index in [2.05, 4.69) is 6.92 Å². The third-order valence-electron chi connectivity index (χ3n) is 5.14. The molecular formula is C18H25NO2. The number of amides is 1. The number of rotatable bonds is 4. The molecule has 2 aliphatic rings. The van der Waals surface area contributed by atoms with Gasteiger partial charge < -0.3 is 0 Å². The maximum Gasteiger partial charge on any atom is 0.254 e. The number of nitrogens with zero attached hydrogens (tertiary/aromatic N) is 1. The second-order valence-electron chi connectivity index (χ2n) is 6.38. The molecular weight excluding hydrogens is 262 g/mol. The molecule has 3 nitrogen and oxygen atoms in total. The van der Waals surface area contributed by atoms with E-state index in [-0.39, 0.29) is 17.4 Å². The molecule has 0 N–H and O–H groups in total. The summed E-state index contributed by atoms with van der Waals surface area (Å²) in [6.07, 6.45) is 8.02. The predicted octanol–water partition coefficient (Wildman–Crippen LogP) is 4.08. The van der Waals surface area contributed by atoms with E-state index in [4.69, 9.17) is 4.84 Å². The number of carbonyl (C=O) groups excluding carboxylic acids is 1. The summed E-state index contributed by atoms with van der Waals surface area (Å²) in [5.41, 5.74) is 1.00. The average Bonchev–Trinajstić information content (AvgIpc) is 2.79. The van der Waals surface area contributed by atoms with Crippen LogP contribution >= 0.6 is 0 Å². The van der Waals surface area contributed by atoms with E-state index in [1.807, 2.05) is 30.3 Å². The summed E-state index contributed by atoms with van der Waals surface area (Å²) in [5, 5.41) is 1.66. The lowest BCUT2D eigenvalue weighted by Crippen LogP contribution is -2.68. The molecule has 1 aromatic rings. The van der Waals surface area contributed by atoms with Gasteiger partial charge in [-0.05, 0) is 24.8 Å². The van der Waals surface area contributed by atoms with Gasteiger partial charge in [-0.2, -0.15) is 0 Å². The van der Waals surface area contributed by atoms with Crippen LogP contribution < -0.4 is 0 Å². The van der Waals surface area contributed by atoms with Crippen molar-refractivity contribution in [1.82, 2.24) is 5.06 Å². The maximum atomic E-state index is 12.7. The highest BCUT2D eigenvalue weighted by Crippen LogP contribution is 2.50. The van der Waals surface area contributed by atoms with Crippen molar-refractivity contribution in [2.24, 2.45) is 5.41 Å². The molecule has 3 heteroatoms. The zero-order chi connectivity index (χ0) is 14.7. The Morgan fingerprint density at radius 1 is 1.14 bits per heavy atom. The van der Waals surface area contributed by atoms with Crippen LogP contribution in [-0.2, 0) is 16.2 Å². The molecule has 1 unspecified atom stereocenters. The van der Waals surface area contributed by atoms with Crippen LogP contribution in [0.1, 0.15) is 57.4 Å². The number of carbonyl (C=O) groups is 1. The van der Waals surface area contributed by atoms with Crippen LogP contribution in [-0.4, -0.2) is 17.0 Å². The SMILES string of the molecule is CCC1N(OCc2ccccc2)C(=O)C12CCCCCC2. The number of hydrogen-bond donors (Lipinski definition) is 0. The molecule has 1 saturated heterocycles. The molecule has 0 bridgehead atoms. The first-order valence-corrected chi connectivity index (χ1v) is 8.28. The number of β-lactam (4-membered cyclic amide) rings is 1. The van der Waals surface area contributed by atoms with Crippen LogP contribution in [0.3, 0.4) is 0 Å². The predicted molar refractivity (Wildman–Crippen MR) is 82.3 cm³/mol. The Balaban J connectivity index is 1.66. The molecule has 21 heavy (non-hydrogen) atoms. The lowest BCUT2D eigenvalue weighted by Gasteiger charge is -2.54. The highest BCUT2D eigenvalue weighted by atomic mass is 16.7. The first-order valence-electron chi connectivity index (χ1n) is 8.28. The smallest absolute Gasteiger partial charge is 0.254 e. The van der Waals surface area contributed by atoms with E-state index >= 15 is 0 Å². The standard InChI is InChI=1S/C18H25NO2/c1-2-16-18(12-8-3-4-9-13-18)17(20)19(16)21-14-15-10-6-5-7-11-15/h5-7,10-11,16H,2-4,8-9,12-14H2,1H3. The molecule has 1 saturated carbocycles. The molecule has 1 aromatic carbocycles. The molecule has 1 spiro atoms. The molecule has 1 heterocycles. The van der Waals surface area contributed by atoms with E-state index < -0.39 is 0 Å². The van der Waals surface area contributed by atoms with Gasteiger partial charge in [0.15, 0.2) is 0 Å². The molecule has 1 aliphatic carbocycles. The van der Waals surface area contributed by atoms with Gasteiger partial charge in [-0.25, -0.2) is 5.06 Å². The molecule has 0 aromatic heterocycles. The zero-order valence-corrected chi connectivity index (χ0v) is 12.9. The van der Waals surface area contributed by atoms with Gasteiger partial charge in [0, 0.05) is 0 Å². The van der Waals surface area contributed by atoms with Crippen LogP contribution in [0.2, 0.25) is 0 Å². The first-order chi connectivity index (χ1) is 10.3. The summed E-state index contributed by atoms with van der Waals surface area (Å²) in [4.78, 5) is 18.5. The maximum absolute atomic E-state index is 12.7. The molecule has 1 atom stereocenters. The summed E-state index contributed by atoms with van der Waals surface area (Å²) in [7, 11) is 0. The Morgan fingerprint density at radius 3 is 2.43 bits per heavy atom. The third-order valence-corrected chi connectivity index (χ3v) is 5.14. The molecule has 114 valence electrons. The highest BCUT2D eigenvalue weighted by molar-refractivity contribution is 5.89. The van der Waals surface area contributed by atoms with Crippen molar-refractivity contribution in [3.63, 3.8) is 0 Å². The molecule has 1 amide bonds. The van der Waals surface area contributed by atoms with Crippen LogP contribution in [0.25, 0.3) is 0 Å². The van der Waals surface area contributed by atoms with Gasteiger partial charge in [-0.15, -0.1) is 0 Å². The minimum atomic E-state index is -0.109. The number of hydrogen-bond acceptors (Lipinski definition) is 2. The molecule has 0 radical (unpaired) electrons. The fourth-order valence-corrected chi connectivity index (χ4v) is 3.99. The van der Waals surface area contributed by atoms with Crippen LogP contribution in [0, 0.1) is 5.41 Å². The second kappa shape index (κ2) is 6.18. The lowest BCUT2D eigenvalue weighted by molar-refractivity contribution is -0.272. The topological polar surface area (TPSA) is 29.5 Å². The zero-order valence-electron chi connectivity index (χ0n) is 12.9. The Hall–Kier alpha value is -1.35. The minimum Gasteiger partial charge on any atom is -0.272 e. The van der Waals surface area contributed by atoms with Crippen molar-refractivity contribution in [1.29, 1.82) is 0 Å². The molecule has 3 rings (SSSR count). The minimum absolute atomic E-state index is 0.109. The van der Waals surface area contributed by atoms with Crippen molar-refractivity contribution < 1.29 is 9.63 Å². The largest absolute Gasteiger partial charge is 0.272 e. The van der Waals surface area contributed by atoms with E-state index in [0.717, 1.165) is 24.8 Å². The van der Waals surface area contributed by atoms with Crippen molar-refractivity contribution in [3.05, 3.63) is 35.9 Å².